The summed E-state index contributed by atoms with van der Waals surface area (Å²) in [6.45, 7) is 4.21. The predicted molar refractivity (Wildman–Crippen MR) is 97.1 cm³/mol. The molecule has 0 atom stereocenters. The van der Waals surface area contributed by atoms with Crippen molar-refractivity contribution in [3.05, 3.63) is 69.4 Å². The number of nitrogens with one attached hydrogen (secondary N) is 1. The van der Waals surface area contributed by atoms with Gasteiger partial charge in [-0.1, -0.05) is 0 Å². The third-order valence-corrected chi connectivity index (χ3v) is 3.94. The lowest BCUT2D eigenvalue weighted by Gasteiger charge is -2.06. The Bertz CT molecular complexity index is 1010. The Labute approximate surface area is 154 Å². The predicted octanol–water partition coefficient (Wildman–Crippen LogP) is 3.31. The van der Waals surface area contributed by atoms with Crippen molar-refractivity contribution in [1.82, 2.24) is 9.78 Å². The van der Waals surface area contributed by atoms with E-state index >= 15 is 0 Å². The number of hydrogen-bond donors (Lipinski definition) is 1. The number of nitrogens with zero attached hydrogens (tertiary/aromatic N) is 3. The fraction of sp³-hybridized carbons (Fsp3) is 0.222. The van der Waals surface area contributed by atoms with Crippen molar-refractivity contribution in [2.75, 3.05) is 12.4 Å². The summed E-state index contributed by atoms with van der Waals surface area (Å²) >= 11 is 0. The molecule has 0 fully saturated rings. The number of aryl methyl sites for hydroxylation is 2. The molecule has 0 saturated heterocycles. The first-order chi connectivity index (χ1) is 12.9. The lowest BCUT2D eigenvalue weighted by atomic mass is 10.2. The van der Waals surface area contributed by atoms with E-state index in [9.17, 15) is 14.9 Å². The lowest BCUT2D eigenvalue weighted by Crippen LogP contribution is -2.12. The van der Waals surface area contributed by atoms with Crippen molar-refractivity contribution in [2.24, 2.45) is 0 Å². The minimum Gasteiger partial charge on any atom is -0.496 e. The van der Waals surface area contributed by atoms with E-state index in [-0.39, 0.29) is 17.1 Å². The smallest absolute Gasteiger partial charge is 0.296 e. The number of nitro groups is 1. The number of carbonyl (C=O) groups is 1. The van der Waals surface area contributed by atoms with Crippen molar-refractivity contribution in [3.8, 4) is 5.75 Å². The highest BCUT2D eigenvalue weighted by Gasteiger charge is 2.20. The number of nitro benzene ring substituents is 1. The van der Waals surface area contributed by atoms with Crippen molar-refractivity contribution >= 4 is 17.3 Å². The van der Waals surface area contributed by atoms with Gasteiger partial charge in [-0.3, -0.25) is 19.6 Å². The molecule has 9 heteroatoms. The van der Waals surface area contributed by atoms with Crippen LogP contribution in [0, 0.1) is 24.0 Å². The van der Waals surface area contributed by atoms with Crippen LogP contribution in [0.5, 0.6) is 5.75 Å². The average molecular weight is 370 g/mol. The van der Waals surface area contributed by atoms with Crippen LogP contribution in [0.15, 0.2) is 40.8 Å². The Morgan fingerprint density at radius 3 is 2.70 bits per heavy atom. The quantitative estimate of drug-likeness (QED) is 0.526. The summed E-state index contributed by atoms with van der Waals surface area (Å²) in [4.78, 5) is 23.0. The maximum Gasteiger partial charge on any atom is 0.296 e. The first-order valence-corrected chi connectivity index (χ1v) is 8.11. The third-order valence-electron chi connectivity index (χ3n) is 3.94. The number of ether oxygens (including phenoxy) is 1. The number of furan rings is 1. The van der Waals surface area contributed by atoms with E-state index in [1.165, 1.54) is 31.4 Å². The molecule has 0 aliphatic heterocycles. The van der Waals surface area contributed by atoms with Crippen LogP contribution >= 0.6 is 0 Å². The standard InChI is InChI=1S/C18H18N4O5/c1-11-8-12(2)21(20-11)10-14-5-7-17(27-14)18(23)19-15-6-4-13(26-3)9-16(15)22(24)25/h4-9H,10H2,1-3H3,(H,19,23). The van der Waals surface area contributed by atoms with Gasteiger partial charge in [-0.15, -0.1) is 0 Å². The van der Waals surface area contributed by atoms with Gasteiger partial charge in [0.2, 0.25) is 0 Å². The molecule has 9 nitrogen and oxygen atoms in total. The Kier molecular flexibility index (Phi) is 4.93. The molecule has 1 aromatic carbocycles. The van der Waals surface area contributed by atoms with Gasteiger partial charge in [0.25, 0.3) is 11.6 Å². The molecule has 0 saturated carbocycles. The van der Waals surface area contributed by atoms with E-state index in [0.717, 1.165) is 11.4 Å². The van der Waals surface area contributed by atoms with Crippen molar-refractivity contribution in [3.63, 3.8) is 0 Å². The number of anilines is 1. The second kappa shape index (κ2) is 7.32. The number of methoxy groups -OCH3 is 1. The zero-order valence-corrected chi connectivity index (χ0v) is 15.1. The van der Waals surface area contributed by atoms with Gasteiger partial charge >= 0.3 is 0 Å². The SMILES string of the molecule is COc1ccc(NC(=O)c2ccc(Cn3nc(C)cc3C)o2)c([N+](=O)[O-])c1. The fourth-order valence-electron chi connectivity index (χ4n) is 2.65. The average Bonchev–Trinajstić information content (AvgIpc) is 3.21. The second-order valence-electron chi connectivity index (χ2n) is 5.95. The normalized spacial score (nSPS) is 10.6. The van der Waals surface area contributed by atoms with E-state index in [4.69, 9.17) is 9.15 Å². The number of aromatic nitrogens is 2. The van der Waals surface area contributed by atoms with Gasteiger partial charge in [-0.05, 0) is 44.2 Å². The van der Waals surface area contributed by atoms with Crippen molar-refractivity contribution in [2.45, 2.75) is 20.4 Å². The Hall–Kier alpha value is -3.62. The summed E-state index contributed by atoms with van der Waals surface area (Å²) in [5.41, 5.74) is 1.66. The summed E-state index contributed by atoms with van der Waals surface area (Å²) in [6.07, 6.45) is 0. The Balaban J connectivity index is 1.77. The molecule has 1 N–H and O–H groups in total. The number of rotatable bonds is 6. The summed E-state index contributed by atoms with van der Waals surface area (Å²) in [7, 11) is 1.41. The molecule has 0 radical (unpaired) electrons. The van der Waals surface area contributed by atoms with E-state index in [1.54, 1.807) is 10.7 Å². The van der Waals surface area contributed by atoms with Crippen LogP contribution in [-0.2, 0) is 6.54 Å². The molecule has 3 rings (SSSR count). The molecule has 0 unspecified atom stereocenters. The molecule has 0 spiro atoms. The molecule has 3 aromatic rings. The maximum absolute atomic E-state index is 12.4. The lowest BCUT2D eigenvalue weighted by molar-refractivity contribution is -0.384. The van der Waals surface area contributed by atoms with Gasteiger partial charge in [0, 0.05) is 5.69 Å². The first-order valence-electron chi connectivity index (χ1n) is 8.11. The number of hydrogen-bond acceptors (Lipinski definition) is 6. The van der Waals surface area contributed by atoms with Crippen LogP contribution in [0.4, 0.5) is 11.4 Å². The van der Waals surface area contributed by atoms with Gasteiger partial charge in [-0.2, -0.15) is 5.10 Å². The summed E-state index contributed by atoms with van der Waals surface area (Å²) in [5, 5.41) is 18.1. The fourth-order valence-corrected chi connectivity index (χ4v) is 2.65. The highest BCUT2D eigenvalue weighted by atomic mass is 16.6. The van der Waals surface area contributed by atoms with E-state index in [0.29, 0.717) is 18.1 Å². The molecular weight excluding hydrogens is 352 g/mol. The summed E-state index contributed by atoms with van der Waals surface area (Å²) in [6, 6.07) is 9.32. The topological polar surface area (TPSA) is 112 Å². The number of benzene rings is 1. The van der Waals surface area contributed by atoms with E-state index in [1.807, 2.05) is 19.9 Å². The highest BCUT2D eigenvalue weighted by Crippen LogP contribution is 2.29. The number of carbonyl (C=O) groups excluding carboxylic acids is 1. The van der Waals surface area contributed by atoms with Crippen LogP contribution in [0.1, 0.15) is 27.7 Å². The molecule has 0 bridgehead atoms. The Morgan fingerprint density at radius 2 is 2.07 bits per heavy atom. The Morgan fingerprint density at radius 1 is 1.30 bits per heavy atom. The van der Waals surface area contributed by atoms with E-state index < -0.39 is 10.8 Å². The van der Waals surface area contributed by atoms with Crippen LogP contribution < -0.4 is 10.1 Å². The molecule has 27 heavy (non-hydrogen) atoms. The van der Waals surface area contributed by atoms with Gasteiger partial charge < -0.3 is 14.5 Å². The van der Waals surface area contributed by atoms with Crippen LogP contribution in [0.25, 0.3) is 0 Å². The molecule has 140 valence electrons. The second-order valence-corrected chi connectivity index (χ2v) is 5.95. The number of amides is 1. The summed E-state index contributed by atoms with van der Waals surface area (Å²) in [5.74, 6) is 0.347. The van der Waals surface area contributed by atoms with Gasteiger partial charge in [-0.25, -0.2) is 0 Å². The minimum atomic E-state index is -0.589. The van der Waals surface area contributed by atoms with Crippen molar-refractivity contribution in [1.29, 1.82) is 0 Å². The van der Waals surface area contributed by atoms with E-state index in [2.05, 4.69) is 10.4 Å². The van der Waals surface area contributed by atoms with Crippen LogP contribution in [0.3, 0.4) is 0 Å². The largest absolute Gasteiger partial charge is 0.496 e. The molecule has 2 aromatic heterocycles. The summed E-state index contributed by atoms with van der Waals surface area (Å²) < 4.78 is 12.3. The first kappa shape index (κ1) is 18.2. The monoisotopic (exact) mass is 370 g/mol. The molecular formula is C18H18N4O5. The molecule has 0 aliphatic carbocycles. The molecule has 2 heterocycles. The van der Waals surface area contributed by atoms with Gasteiger partial charge in [0.15, 0.2) is 5.76 Å². The van der Waals surface area contributed by atoms with Crippen LogP contribution in [0.2, 0.25) is 0 Å². The third kappa shape index (κ3) is 3.97. The van der Waals surface area contributed by atoms with Gasteiger partial charge in [0.05, 0.1) is 30.3 Å². The molecule has 1 amide bonds. The maximum atomic E-state index is 12.4. The van der Waals surface area contributed by atoms with Crippen molar-refractivity contribution < 1.29 is 18.9 Å². The van der Waals surface area contributed by atoms with Gasteiger partial charge in [0.1, 0.15) is 17.2 Å². The molecule has 0 aliphatic rings. The van der Waals surface area contributed by atoms with Crippen LogP contribution in [-0.4, -0.2) is 27.7 Å². The zero-order valence-electron chi connectivity index (χ0n) is 15.1. The zero-order chi connectivity index (χ0) is 19.6. The highest BCUT2D eigenvalue weighted by molar-refractivity contribution is 6.03. The minimum absolute atomic E-state index is 0.0525.